The summed E-state index contributed by atoms with van der Waals surface area (Å²) in [4.78, 5) is 21.9. The number of anilines is 2. The van der Waals surface area contributed by atoms with Gasteiger partial charge in [-0.3, -0.25) is 20.0 Å². The Morgan fingerprint density at radius 1 is 0.881 bits per heavy atom. The van der Waals surface area contributed by atoms with Crippen LogP contribution < -0.4 is 15.4 Å². The van der Waals surface area contributed by atoms with Crippen LogP contribution in [-0.4, -0.2) is 35.6 Å². The van der Waals surface area contributed by atoms with E-state index in [1.807, 2.05) is 55.7 Å². The van der Waals surface area contributed by atoms with Crippen molar-refractivity contribution >= 4 is 28.4 Å². The van der Waals surface area contributed by atoms with Crippen molar-refractivity contribution in [3.63, 3.8) is 0 Å². The Hall–Kier alpha value is -5.51. The molecule has 2 aromatic carbocycles. The van der Waals surface area contributed by atoms with Crippen LogP contribution >= 0.6 is 0 Å². The molecule has 10 heteroatoms. The highest BCUT2D eigenvalue weighted by Gasteiger charge is 2.22. The van der Waals surface area contributed by atoms with Gasteiger partial charge in [-0.15, -0.1) is 0 Å². The molecule has 0 saturated heterocycles. The van der Waals surface area contributed by atoms with E-state index in [9.17, 15) is 4.79 Å². The van der Waals surface area contributed by atoms with E-state index in [1.165, 1.54) is 0 Å². The van der Waals surface area contributed by atoms with Gasteiger partial charge in [0, 0.05) is 59.8 Å². The smallest absolute Gasteiger partial charge is 0.324 e. The molecule has 0 aliphatic heterocycles. The lowest BCUT2D eigenvalue weighted by Gasteiger charge is -2.14. The van der Waals surface area contributed by atoms with Gasteiger partial charge in [0.15, 0.2) is 0 Å². The molecule has 0 spiro atoms. The van der Waals surface area contributed by atoms with Gasteiger partial charge in [-0.1, -0.05) is 26.8 Å². The highest BCUT2D eigenvalue weighted by molar-refractivity contribution is 5.99. The molecule has 6 rings (SSSR count). The van der Waals surface area contributed by atoms with Gasteiger partial charge in [-0.05, 0) is 54.6 Å². The lowest BCUT2D eigenvalue weighted by Crippen LogP contribution is -2.21. The van der Waals surface area contributed by atoms with Crippen molar-refractivity contribution in [1.29, 1.82) is 0 Å². The highest BCUT2D eigenvalue weighted by Crippen LogP contribution is 2.29. The number of nitrogens with zero attached hydrogens (tertiary/aromatic N) is 6. The predicted molar refractivity (Wildman–Crippen MR) is 163 cm³/mol. The first-order valence-corrected chi connectivity index (χ1v) is 13.5. The largest absolute Gasteiger partial charge is 0.457 e. The van der Waals surface area contributed by atoms with Crippen molar-refractivity contribution in [3.05, 3.63) is 103 Å². The van der Waals surface area contributed by atoms with Gasteiger partial charge in [0.2, 0.25) is 0 Å². The number of aryl methyl sites for hydroxylation is 1. The number of carbonyl (C=O) groups is 1. The van der Waals surface area contributed by atoms with Gasteiger partial charge in [-0.2, -0.15) is 10.2 Å². The molecule has 0 atom stereocenters. The van der Waals surface area contributed by atoms with Gasteiger partial charge >= 0.3 is 6.03 Å². The van der Waals surface area contributed by atoms with E-state index in [1.54, 1.807) is 58.3 Å². The van der Waals surface area contributed by atoms with E-state index in [0.29, 0.717) is 23.0 Å². The van der Waals surface area contributed by atoms with Crippen molar-refractivity contribution in [1.82, 2.24) is 29.5 Å². The van der Waals surface area contributed by atoms with E-state index in [2.05, 4.69) is 46.5 Å². The minimum Gasteiger partial charge on any atom is -0.457 e. The molecule has 0 aliphatic carbocycles. The van der Waals surface area contributed by atoms with Gasteiger partial charge in [0.25, 0.3) is 0 Å². The fourth-order valence-corrected chi connectivity index (χ4v) is 4.44. The molecule has 4 heterocycles. The van der Waals surface area contributed by atoms with E-state index in [0.717, 1.165) is 33.5 Å². The van der Waals surface area contributed by atoms with Crippen LogP contribution in [0.5, 0.6) is 11.5 Å². The zero-order valence-corrected chi connectivity index (χ0v) is 23.7. The molecule has 0 radical (unpaired) electrons. The summed E-state index contributed by atoms with van der Waals surface area (Å²) in [5, 5.41) is 15.9. The van der Waals surface area contributed by atoms with E-state index < -0.39 is 0 Å². The van der Waals surface area contributed by atoms with Gasteiger partial charge < -0.3 is 10.1 Å². The third-order valence-electron chi connectivity index (χ3n) is 6.63. The molecule has 6 aromatic rings. The predicted octanol–water partition coefficient (Wildman–Crippen LogP) is 6.95. The van der Waals surface area contributed by atoms with Crippen molar-refractivity contribution in [2.24, 2.45) is 7.05 Å². The van der Waals surface area contributed by atoms with Crippen LogP contribution in [0.3, 0.4) is 0 Å². The maximum atomic E-state index is 13.1. The zero-order chi connectivity index (χ0) is 29.3. The van der Waals surface area contributed by atoms with Gasteiger partial charge in [0.1, 0.15) is 17.3 Å². The molecule has 0 fully saturated rings. The molecule has 210 valence electrons. The highest BCUT2D eigenvalue weighted by atomic mass is 16.5. The number of carbonyl (C=O) groups excluding carboxylic acids is 1. The second-order valence-corrected chi connectivity index (χ2v) is 10.9. The maximum Gasteiger partial charge on any atom is 0.324 e. The fraction of sp³-hybridized carbons (Fsp3) is 0.156. The van der Waals surface area contributed by atoms with Crippen LogP contribution in [0.15, 0.2) is 97.6 Å². The van der Waals surface area contributed by atoms with E-state index in [-0.39, 0.29) is 11.4 Å². The van der Waals surface area contributed by atoms with E-state index >= 15 is 0 Å². The van der Waals surface area contributed by atoms with Crippen LogP contribution in [0, 0.1) is 0 Å². The lowest BCUT2D eigenvalue weighted by molar-refractivity contribution is 0.262. The third-order valence-corrected chi connectivity index (χ3v) is 6.63. The Kier molecular flexibility index (Phi) is 6.87. The van der Waals surface area contributed by atoms with E-state index in [4.69, 9.17) is 9.84 Å². The Balaban J connectivity index is 1.16. The quantitative estimate of drug-likeness (QED) is 0.229. The molecular weight excluding hydrogens is 528 g/mol. The van der Waals surface area contributed by atoms with Crippen molar-refractivity contribution < 1.29 is 9.53 Å². The first-order chi connectivity index (χ1) is 20.2. The van der Waals surface area contributed by atoms with Gasteiger partial charge in [-0.25, -0.2) is 9.48 Å². The zero-order valence-electron chi connectivity index (χ0n) is 23.7. The Morgan fingerprint density at radius 2 is 1.71 bits per heavy atom. The normalized spacial score (nSPS) is 11.4. The minimum atomic E-state index is -0.386. The van der Waals surface area contributed by atoms with Crippen molar-refractivity contribution in [3.8, 4) is 28.4 Å². The number of nitrogens with one attached hydrogen (secondary N) is 2. The van der Waals surface area contributed by atoms with Crippen LogP contribution in [0.1, 0.15) is 26.5 Å². The van der Waals surface area contributed by atoms with Gasteiger partial charge in [0.05, 0.1) is 28.8 Å². The number of fused-ring (bicyclic) bond motifs is 1. The summed E-state index contributed by atoms with van der Waals surface area (Å²) < 4.78 is 9.50. The van der Waals surface area contributed by atoms with Crippen LogP contribution in [0.25, 0.3) is 27.8 Å². The first kappa shape index (κ1) is 26.7. The fourth-order valence-electron chi connectivity index (χ4n) is 4.44. The molecule has 2 N–H and O–H groups in total. The standard InChI is InChI=1S/C32H30N8O2/c1-32(2,3)29-18-30(40(38-29)24-9-12-27-21(16-24)6-5-14-33-27)37-31(41)36-23-7-10-25(11-8-23)42-26-13-15-34-28(17-26)22-19-35-39(4)20-22/h5-20H,1-4H3,(H2,36,37,41). The molecule has 0 saturated carbocycles. The lowest BCUT2D eigenvalue weighted by atomic mass is 9.92. The molecule has 42 heavy (non-hydrogen) atoms. The number of urea groups is 1. The summed E-state index contributed by atoms with van der Waals surface area (Å²) in [6, 6.07) is 22.1. The summed E-state index contributed by atoms with van der Waals surface area (Å²) in [7, 11) is 1.86. The summed E-state index contributed by atoms with van der Waals surface area (Å²) >= 11 is 0. The Bertz CT molecular complexity index is 1880. The molecule has 4 aromatic heterocycles. The molecule has 0 unspecified atom stereocenters. The summed E-state index contributed by atoms with van der Waals surface area (Å²) in [6.07, 6.45) is 7.12. The number of hydrogen-bond donors (Lipinski definition) is 2. The first-order valence-electron chi connectivity index (χ1n) is 13.5. The van der Waals surface area contributed by atoms with Crippen LogP contribution in [-0.2, 0) is 12.5 Å². The monoisotopic (exact) mass is 558 g/mol. The summed E-state index contributed by atoms with van der Waals surface area (Å²) in [5.74, 6) is 1.83. The number of rotatable bonds is 6. The molecule has 10 nitrogen and oxygen atoms in total. The van der Waals surface area contributed by atoms with Crippen LogP contribution in [0.4, 0.5) is 16.3 Å². The summed E-state index contributed by atoms with van der Waals surface area (Å²) in [6.45, 7) is 6.26. The maximum absolute atomic E-state index is 13.1. The third kappa shape index (κ3) is 5.83. The number of benzene rings is 2. The number of amides is 2. The topological polar surface area (TPSA) is 112 Å². The molecule has 0 bridgehead atoms. The number of hydrogen-bond acceptors (Lipinski definition) is 6. The van der Waals surface area contributed by atoms with Crippen molar-refractivity contribution in [2.75, 3.05) is 10.6 Å². The number of aromatic nitrogens is 6. The SMILES string of the molecule is Cn1cc(-c2cc(Oc3ccc(NC(=O)Nc4cc(C(C)(C)C)nn4-c4ccc5ncccc5c4)cc3)ccn2)cn1. The van der Waals surface area contributed by atoms with Crippen LogP contribution in [0.2, 0.25) is 0 Å². The Morgan fingerprint density at radius 3 is 2.48 bits per heavy atom. The Labute approximate surface area is 243 Å². The second-order valence-electron chi connectivity index (χ2n) is 10.9. The molecular formula is C32H30N8O2. The van der Waals surface area contributed by atoms with Crippen molar-refractivity contribution in [2.45, 2.75) is 26.2 Å². The number of ether oxygens (including phenoxy) is 1. The summed E-state index contributed by atoms with van der Waals surface area (Å²) in [5.41, 5.74) is 4.65. The second kappa shape index (κ2) is 10.8. The average Bonchev–Trinajstić information content (AvgIpc) is 3.60. The molecule has 0 aliphatic rings. The molecule has 2 amide bonds. The number of pyridine rings is 2. The average molecular weight is 559 g/mol. The minimum absolute atomic E-state index is 0.208.